The fourth-order valence-electron chi connectivity index (χ4n) is 3.75. The van der Waals surface area contributed by atoms with Gasteiger partial charge < -0.3 is 15.1 Å². The summed E-state index contributed by atoms with van der Waals surface area (Å²) in [6.45, 7) is 0.262. The SMILES string of the molecule is O=C(CC1(O)C(=O)N(CC=Cc2ccccc2)c2ccccc21)c1ccccc1O. The summed E-state index contributed by atoms with van der Waals surface area (Å²) in [4.78, 5) is 27.5. The number of aromatic hydroxyl groups is 1. The first-order chi connectivity index (χ1) is 14.5. The van der Waals surface area contributed by atoms with Crippen molar-refractivity contribution in [1.82, 2.24) is 0 Å². The van der Waals surface area contributed by atoms with Gasteiger partial charge in [0.2, 0.25) is 0 Å². The Labute approximate surface area is 174 Å². The molecule has 0 fully saturated rings. The van der Waals surface area contributed by atoms with Gasteiger partial charge in [0.15, 0.2) is 11.4 Å². The molecule has 1 aliphatic rings. The summed E-state index contributed by atoms with van der Waals surface area (Å²) in [5, 5.41) is 21.3. The summed E-state index contributed by atoms with van der Waals surface area (Å²) in [5.74, 6) is -1.22. The first kappa shape index (κ1) is 19.6. The van der Waals surface area contributed by atoms with Gasteiger partial charge in [-0.3, -0.25) is 9.59 Å². The molecule has 3 aromatic rings. The summed E-state index contributed by atoms with van der Waals surface area (Å²) >= 11 is 0. The molecular weight excluding hydrogens is 378 g/mol. The van der Waals surface area contributed by atoms with Gasteiger partial charge in [0, 0.05) is 12.1 Å². The maximum atomic E-state index is 13.2. The molecule has 0 saturated heterocycles. The van der Waals surface area contributed by atoms with Crippen molar-refractivity contribution < 1.29 is 19.8 Å². The quantitative estimate of drug-likeness (QED) is 0.616. The number of hydrogen-bond acceptors (Lipinski definition) is 4. The predicted molar refractivity (Wildman–Crippen MR) is 115 cm³/mol. The average Bonchev–Trinajstić information content (AvgIpc) is 2.97. The molecule has 1 amide bonds. The van der Waals surface area contributed by atoms with E-state index in [1.807, 2.05) is 42.5 Å². The Bertz CT molecular complexity index is 1120. The molecule has 5 heteroatoms. The topological polar surface area (TPSA) is 77.8 Å². The molecule has 1 atom stereocenters. The second kappa shape index (κ2) is 7.97. The number of Topliss-reactive ketones (excluding diaryl/α,β-unsaturated/α-hetero) is 1. The molecule has 3 aromatic carbocycles. The molecule has 1 unspecified atom stereocenters. The number of amides is 1. The number of phenols is 1. The lowest BCUT2D eigenvalue weighted by atomic mass is 9.88. The van der Waals surface area contributed by atoms with E-state index in [2.05, 4.69) is 0 Å². The molecule has 1 heterocycles. The number of phenolic OH excluding ortho intramolecular Hbond substituents is 1. The molecule has 0 aliphatic carbocycles. The molecule has 4 rings (SSSR count). The zero-order valence-corrected chi connectivity index (χ0v) is 16.2. The van der Waals surface area contributed by atoms with Crippen LogP contribution in [0.5, 0.6) is 5.75 Å². The number of carbonyl (C=O) groups excluding carboxylic acids is 2. The van der Waals surface area contributed by atoms with Crippen LogP contribution in [0.25, 0.3) is 6.08 Å². The molecular formula is C25H21NO4. The maximum absolute atomic E-state index is 13.2. The lowest BCUT2D eigenvalue weighted by Crippen LogP contribution is -2.42. The van der Waals surface area contributed by atoms with Crippen LogP contribution in [0.15, 0.2) is 84.9 Å². The van der Waals surface area contributed by atoms with E-state index in [1.54, 1.807) is 36.4 Å². The van der Waals surface area contributed by atoms with Gasteiger partial charge in [-0.25, -0.2) is 0 Å². The highest BCUT2D eigenvalue weighted by molar-refractivity contribution is 6.11. The number of anilines is 1. The lowest BCUT2D eigenvalue weighted by molar-refractivity contribution is -0.135. The van der Waals surface area contributed by atoms with Crippen molar-refractivity contribution in [3.63, 3.8) is 0 Å². The summed E-state index contributed by atoms with van der Waals surface area (Å²) in [6, 6.07) is 22.8. The Hall–Kier alpha value is -3.70. The maximum Gasteiger partial charge on any atom is 0.264 e. The largest absolute Gasteiger partial charge is 0.507 e. The van der Waals surface area contributed by atoms with E-state index in [0.29, 0.717) is 11.3 Å². The fraction of sp³-hybridized carbons (Fsp3) is 0.120. The smallest absolute Gasteiger partial charge is 0.264 e. The van der Waals surface area contributed by atoms with Crippen LogP contribution in [-0.2, 0) is 10.4 Å². The highest BCUT2D eigenvalue weighted by atomic mass is 16.3. The number of nitrogens with zero attached hydrogens (tertiary/aromatic N) is 1. The Morgan fingerprint density at radius 1 is 0.933 bits per heavy atom. The van der Waals surface area contributed by atoms with Crippen LogP contribution < -0.4 is 4.90 Å². The van der Waals surface area contributed by atoms with Crippen LogP contribution >= 0.6 is 0 Å². The van der Waals surface area contributed by atoms with E-state index in [9.17, 15) is 19.8 Å². The predicted octanol–water partition coefficient (Wildman–Crippen LogP) is 3.91. The van der Waals surface area contributed by atoms with Crippen molar-refractivity contribution in [1.29, 1.82) is 0 Å². The summed E-state index contributed by atoms with van der Waals surface area (Å²) < 4.78 is 0. The van der Waals surface area contributed by atoms with Crippen molar-refractivity contribution in [3.05, 3.63) is 102 Å². The van der Waals surface area contributed by atoms with Crippen LogP contribution in [0.4, 0.5) is 5.69 Å². The minimum Gasteiger partial charge on any atom is -0.507 e. The van der Waals surface area contributed by atoms with E-state index in [0.717, 1.165) is 5.56 Å². The van der Waals surface area contributed by atoms with Gasteiger partial charge in [-0.2, -0.15) is 0 Å². The third kappa shape index (κ3) is 3.51. The van der Waals surface area contributed by atoms with Crippen molar-refractivity contribution >= 4 is 23.5 Å². The van der Waals surface area contributed by atoms with Crippen molar-refractivity contribution in [2.75, 3.05) is 11.4 Å². The highest BCUT2D eigenvalue weighted by Crippen LogP contribution is 2.43. The molecule has 0 radical (unpaired) electrons. The molecule has 0 spiro atoms. The number of aliphatic hydroxyl groups is 1. The second-order valence-corrected chi connectivity index (χ2v) is 7.22. The minimum absolute atomic E-state index is 0.0821. The second-order valence-electron chi connectivity index (χ2n) is 7.22. The summed E-state index contributed by atoms with van der Waals surface area (Å²) in [7, 11) is 0. The van der Waals surface area contributed by atoms with E-state index in [1.165, 1.54) is 17.0 Å². The van der Waals surface area contributed by atoms with Crippen LogP contribution in [0.1, 0.15) is 27.9 Å². The van der Waals surface area contributed by atoms with Gasteiger partial charge in [0.05, 0.1) is 17.7 Å². The monoisotopic (exact) mass is 399 g/mol. The van der Waals surface area contributed by atoms with E-state index < -0.39 is 23.7 Å². The van der Waals surface area contributed by atoms with Gasteiger partial charge in [-0.05, 0) is 23.8 Å². The Morgan fingerprint density at radius 3 is 2.37 bits per heavy atom. The molecule has 2 N–H and O–H groups in total. The average molecular weight is 399 g/mol. The molecule has 0 aromatic heterocycles. The number of fused-ring (bicyclic) bond motifs is 1. The molecule has 1 aliphatic heterocycles. The van der Waals surface area contributed by atoms with Crippen LogP contribution in [-0.4, -0.2) is 28.4 Å². The molecule has 150 valence electrons. The van der Waals surface area contributed by atoms with Crippen molar-refractivity contribution in [2.24, 2.45) is 0 Å². The third-order valence-corrected chi connectivity index (χ3v) is 5.26. The van der Waals surface area contributed by atoms with Gasteiger partial charge in [-0.1, -0.05) is 72.8 Å². The molecule has 0 saturated carbocycles. The van der Waals surface area contributed by atoms with Crippen LogP contribution in [0.3, 0.4) is 0 Å². The Morgan fingerprint density at radius 2 is 1.60 bits per heavy atom. The number of rotatable bonds is 6. The van der Waals surface area contributed by atoms with Crippen LogP contribution in [0.2, 0.25) is 0 Å². The number of ketones is 1. The van der Waals surface area contributed by atoms with Gasteiger partial charge in [0.25, 0.3) is 5.91 Å². The third-order valence-electron chi connectivity index (χ3n) is 5.26. The lowest BCUT2D eigenvalue weighted by Gasteiger charge is -2.22. The van der Waals surface area contributed by atoms with E-state index in [-0.39, 0.29) is 17.9 Å². The summed E-state index contributed by atoms with van der Waals surface area (Å²) in [5.41, 5.74) is 0.0806. The first-order valence-corrected chi connectivity index (χ1v) is 9.67. The van der Waals surface area contributed by atoms with Gasteiger partial charge >= 0.3 is 0 Å². The van der Waals surface area contributed by atoms with Crippen molar-refractivity contribution in [2.45, 2.75) is 12.0 Å². The Balaban J connectivity index is 1.61. The molecule has 5 nitrogen and oxygen atoms in total. The highest BCUT2D eigenvalue weighted by Gasteiger charge is 2.50. The standard InChI is InChI=1S/C25H21NO4/c27-22-15-7-4-12-19(22)23(28)17-25(30)20-13-5-6-14-21(20)26(24(25)29)16-8-11-18-9-2-1-3-10-18/h1-15,27,30H,16-17H2. The van der Waals surface area contributed by atoms with Gasteiger partial charge in [-0.15, -0.1) is 0 Å². The van der Waals surface area contributed by atoms with Crippen molar-refractivity contribution in [3.8, 4) is 5.75 Å². The number of benzene rings is 3. The zero-order valence-electron chi connectivity index (χ0n) is 16.2. The minimum atomic E-state index is -1.98. The molecule has 30 heavy (non-hydrogen) atoms. The Kier molecular flexibility index (Phi) is 5.21. The molecule has 0 bridgehead atoms. The fourth-order valence-corrected chi connectivity index (χ4v) is 3.75. The number of hydrogen-bond donors (Lipinski definition) is 2. The normalized spacial score (nSPS) is 18.0. The number of carbonyl (C=O) groups is 2. The van der Waals surface area contributed by atoms with E-state index >= 15 is 0 Å². The van der Waals surface area contributed by atoms with Crippen LogP contribution in [0, 0.1) is 0 Å². The van der Waals surface area contributed by atoms with Gasteiger partial charge in [0.1, 0.15) is 5.75 Å². The van der Waals surface area contributed by atoms with E-state index in [4.69, 9.17) is 0 Å². The number of para-hydroxylation sites is 2. The zero-order chi connectivity index (χ0) is 21.1. The first-order valence-electron chi connectivity index (χ1n) is 9.67. The summed E-state index contributed by atoms with van der Waals surface area (Å²) in [6.07, 6.45) is 3.31.